The van der Waals surface area contributed by atoms with Crippen LogP contribution in [0.3, 0.4) is 0 Å². The number of thiazole rings is 1. The van der Waals surface area contributed by atoms with Crippen molar-refractivity contribution in [3.8, 4) is 0 Å². The Morgan fingerprint density at radius 1 is 1.13 bits per heavy atom. The highest BCUT2D eigenvalue weighted by atomic mass is 32.1. The second-order valence-corrected chi connectivity index (χ2v) is 7.17. The van der Waals surface area contributed by atoms with Crippen LogP contribution in [0.1, 0.15) is 13.8 Å². The minimum Gasteiger partial charge on any atom is -0.423 e. The molecule has 2 aromatic heterocycles. The van der Waals surface area contributed by atoms with E-state index in [1.54, 1.807) is 11.3 Å². The van der Waals surface area contributed by atoms with E-state index in [1.807, 2.05) is 18.2 Å². The Balaban J connectivity index is 1.69. The van der Waals surface area contributed by atoms with Crippen LogP contribution in [0.2, 0.25) is 0 Å². The summed E-state index contributed by atoms with van der Waals surface area (Å²) >= 11 is 1.68. The molecule has 120 valence electrons. The van der Waals surface area contributed by atoms with Gasteiger partial charge in [-0.2, -0.15) is 0 Å². The molecule has 1 aliphatic rings. The van der Waals surface area contributed by atoms with E-state index in [9.17, 15) is 4.79 Å². The first-order valence-corrected chi connectivity index (χ1v) is 8.76. The first-order valence-electron chi connectivity index (χ1n) is 7.94. The summed E-state index contributed by atoms with van der Waals surface area (Å²) in [6.07, 6.45) is 0. The van der Waals surface area contributed by atoms with Crippen molar-refractivity contribution < 1.29 is 4.42 Å². The summed E-state index contributed by atoms with van der Waals surface area (Å²) < 4.78 is 6.36. The van der Waals surface area contributed by atoms with Gasteiger partial charge in [-0.3, -0.25) is 4.90 Å². The van der Waals surface area contributed by atoms with Gasteiger partial charge in [-0.05, 0) is 32.0 Å². The van der Waals surface area contributed by atoms with Gasteiger partial charge in [0, 0.05) is 43.7 Å². The fraction of sp³-hybridized carbons (Fsp3) is 0.412. The van der Waals surface area contributed by atoms with Crippen molar-refractivity contribution in [2.45, 2.75) is 19.9 Å². The third-order valence-corrected chi connectivity index (χ3v) is 5.62. The molecule has 0 saturated carbocycles. The van der Waals surface area contributed by atoms with Gasteiger partial charge in [-0.1, -0.05) is 11.3 Å². The molecular formula is C17H19N3O2S. The maximum Gasteiger partial charge on any atom is 0.336 e. The molecule has 0 N–H and O–H groups in total. The summed E-state index contributed by atoms with van der Waals surface area (Å²) in [6.45, 7) is 8.64. The van der Waals surface area contributed by atoms with Gasteiger partial charge < -0.3 is 9.32 Å². The largest absolute Gasteiger partial charge is 0.423 e. The molecule has 1 saturated heterocycles. The van der Waals surface area contributed by atoms with Gasteiger partial charge in [0.1, 0.15) is 5.58 Å². The maximum atomic E-state index is 11.4. The average Bonchev–Trinajstić information content (AvgIpc) is 2.99. The van der Waals surface area contributed by atoms with Crippen LogP contribution in [0.15, 0.2) is 33.5 Å². The van der Waals surface area contributed by atoms with Crippen molar-refractivity contribution in [1.29, 1.82) is 0 Å². The molecule has 0 atom stereocenters. The van der Waals surface area contributed by atoms with E-state index in [0.29, 0.717) is 11.6 Å². The average molecular weight is 329 g/mol. The van der Waals surface area contributed by atoms with Gasteiger partial charge in [-0.25, -0.2) is 9.78 Å². The lowest BCUT2D eigenvalue weighted by Gasteiger charge is -2.36. The SMILES string of the molecule is CC(C)N1CCN(c2nc3ccc4oc(=O)ccc4c3s2)CC1. The van der Waals surface area contributed by atoms with E-state index in [1.165, 1.54) is 6.07 Å². The summed E-state index contributed by atoms with van der Waals surface area (Å²) in [6, 6.07) is 7.67. The summed E-state index contributed by atoms with van der Waals surface area (Å²) in [5.41, 5.74) is 1.29. The molecule has 1 aliphatic heterocycles. The number of anilines is 1. The van der Waals surface area contributed by atoms with Crippen LogP contribution in [0.4, 0.5) is 5.13 Å². The monoisotopic (exact) mass is 329 g/mol. The molecule has 23 heavy (non-hydrogen) atoms. The highest BCUT2D eigenvalue weighted by molar-refractivity contribution is 7.23. The van der Waals surface area contributed by atoms with Crippen molar-refractivity contribution in [3.05, 3.63) is 34.7 Å². The van der Waals surface area contributed by atoms with Gasteiger partial charge in [-0.15, -0.1) is 0 Å². The van der Waals surface area contributed by atoms with Gasteiger partial charge >= 0.3 is 5.63 Å². The lowest BCUT2D eigenvalue weighted by Crippen LogP contribution is -2.48. The van der Waals surface area contributed by atoms with E-state index in [2.05, 4.69) is 23.6 Å². The first kappa shape index (κ1) is 14.7. The Labute approximate surface area is 138 Å². The van der Waals surface area contributed by atoms with Crippen LogP contribution in [-0.4, -0.2) is 42.1 Å². The van der Waals surface area contributed by atoms with Crippen LogP contribution < -0.4 is 10.5 Å². The highest BCUT2D eigenvalue weighted by Gasteiger charge is 2.21. The number of hydrogen-bond acceptors (Lipinski definition) is 6. The molecule has 0 radical (unpaired) electrons. The topological polar surface area (TPSA) is 49.6 Å². The molecule has 5 nitrogen and oxygen atoms in total. The lowest BCUT2D eigenvalue weighted by molar-refractivity contribution is 0.209. The van der Waals surface area contributed by atoms with Crippen LogP contribution in [0, 0.1) is 0 Å². The molecule has 0 unspecified atom stereocenters. The lowest BCUT2D eigenvalue weighted by atomic mass is 10.2. The number of aromatic nitrogens is 1. The Morgan fingerprint density at radius 3 is 2.65 bits per heavy atom. The van der Waals surface area contributed by atoms with Crippen LogP contribution in [-0.2, 0) is 0 Å². The number of fused-ring (bicyclic) bond motifs is 3. The van der Waals surface area contributed by atoms with E-state index in [4.69, 9.17) is 9.40 Å². The first-order chi connectivity index (χ1) is 11.1. The second kappa shape index (κ2) is 5.62. The molecule has 3 heterocycles. The molecule has 0 bridgehead atoms. The van der Waals surface area contributed by atoms with E-state index in [0.717, 1.165) is 46.9 Å². The van der Waals surface area contributed by atoms with E-state index in [-0.39, 0.29) is 5.63 Å². The predicted octanol–water partition coefficient (Wildman–Crippen LogP) is 2.93. The van der Waals surface area contributed by atoms with Crippen LogP contribution >= 0.6 is 11.3 Å². The minimum atomic E-state index is -0.314. The molecular weight excluding hydrogens is 310 g/mol. The normalized spacial score (nSPS) is 16.7. The zero-order chi connectivity index (χ0) is 16.0. The Kier molecular flexibility index (Phi) is 3.58. The quantitative estimate of drug-likeness (QED) is 0.677. The summed E-state index contributed by atoms with van der Waals surface area (Å²) in [5, 5.41) is 2.02. The van der Waals surface area contributed by atoms with Crippen molar-refractivity contribution in [1.82, 2.24) is 9.88 Å². The molecule has 4 rings (SSSR count). The summed E-state index contributed by atoms with van der Waals surface area (Å²) in [4.78, 5) is 21.0. The molecule has 0 amide bonds. The number of benzene rings is 1. The molecule has 1 aromatic carbocycles. The van der Waals surface area contributed by atoms with Crippen LogP contribution in [0.25, 0.3) is 21.2 Å². The predicted molar refractivity (Wildman–Crippen MR) is 94.6 cm³/mol. The third-order valence-electron chi connectivity index (χ3n) is 4.46. The molecule has 1 fully saturated rings. The van der Waals surface area contributed by atoms with Gasteiger partial charge in [0.05, 0.1) is 10.2 Å². The van der Waals surface area contributed by atoms with Crippen molar-refractivity contribution in [2.75, 3.05) is 31.1 Å². The number of rotatable bonds is 2. The van der Waals surface area contributed by atoms with Gasteiger partial charge in [0.25, 0.3) is 0 Å². The van der Waals surface area contributed by atoms with E-state index >= 15 is 0 Å². The second-order valence-electron chi connectivity index (χ2n) is 6.19. The Morgan fingerprint density at radius 2 is 1.91 bits per heavy atom. The fourth-order valence-corrected chi connectivity index (χ4v) is 4.22. The van der Waals surface area contributed by atoms with E-state index < -0.39 is 0 Å². The number of hydrogen-bond donors (Lipinski definition) is 0. The molecule has 3 aromatic rings. The van der Waals surface area contributed by atoms with Crippen LogP contribution in [0.5, 0.6) is 0 Å². The fourth-order valence-electron chi connectivity index (χ4n) is 3.09. The number of piperazine rings is 1. The highest BCUT2D eigenvalue weighted by Crippen LogP contribution is 2.34. The summed E-state index contributed by atoms with van der Waals surface area (Å²) in [7, 11) is 0. The van der Waals surface area contributed by atoms with Gasteiger partial charge in [0.15, 0.2) is 5.13 Å². The maximum absolute atomic E-state index is 11.4. The standard InChI is InChI=1S/C17H19N3O2S/c1-11(2)19-7-9-20(10-8-19)17-18-13-4-5-14-12(16(13)23-17)3-6-15(21)22-14/h3-6,11H,7-10H2,1-2H3. The smallest absolute Gasteiger partial charge is 0.336 e. The van der Waals surface area contributed by atoms with Crippen molar-refractivity contribution in [2.24, 2.45) is 0 Å². The zero-order valence-corrected chi connectivity index (χ0v) is 14.1. The van der Waals surface area contributed by atoms with Crippen molar-refractivity contribution >= 4 is 37.7 Å². The Hall–Kier alpha value is -1.92. The van der Waals surface area contributed by atoms with Crippen molar-refractivity contribution in [3.63, 3.8) is 0 Å². The number of nitrogens with zero attached hydrogens (tertiary/aromatic N) is 3. The summed E-state index contributed by atoms with van der Waals surface area (Å²) in [5.74, 6) is 0. The molecule has 6 heteroatoms. The Bertz CT molecular complexity index is 907. The zero-order valence-electron chi connectivity index (χ0n) is 13.3. The van der Waals surface area contributed by atoms with Gasteiger partial charge in [0.2, 0.25) is 0 Å². The molecule has 0 aliphatic carbocycles. The molecule has 0 spiro atoms. The minimum absolute atomic E-state index is 0.314. The third kappa shape index (κ3) is 2.62.